The number of anilines is 1. The maximum absolute atomic E-state index is 12.6. The van der Waals surface area contributed by atoms with Gasteiger partial charge >= 0.3 is 0 Å². The zero-order chi connectivity index (χ0) is 18.1. The van der Waals surface area contributed by atoms with Gasteiger partial charge in [0, 0.05) is 44.9 Å². The Morgan fingerprint density at radius 2 is 2.12 bits per heavy atom. The molecule has 3 heterocycles. The number of likely N-dealkylation sites (tertiary alicyclic amines) is 1. The molecule has 1 aliphatic heterocycles. The van der Waals surface area contributed by atoms with Crippen LogP contribution in [0, 0.1) is 13.8 Å². The van der Waals surface area contributed by atoms with Crippen LogP contribution in [0.5, 0.6) is 0 Å². The van der Waals surface area contributed by atoms with E-state index in [2.05, 4.69) is 15.1 Å². The quantitative estimate of drug-likeness (QED) is 0.881. The fraction of sp³-hybridized carbons (Fsp3) is 0.529. The van der Waals surface area contributed by atoms with E-state index in [9.17, 15) is 9.59 Å². The van der Waals surface area contributed by atoms with E-state index in [0.29, 0.717) is 19.0 Å². The van der Waals surface area contributed by atoms with Crippen LogP contribution in [0.1, 0.15) is 29.4 Å². The second-order valence-corrected chi connectivity index (χ2v) is 6.80. The molecule has 134 valence electrons. The number of aryl methyl sites for hydroxylation is 2. The van der Waals surface area contributed by atoms with Crippen LogP contribution in [0.2, 0.25) is 0 Å². The molecule has 1 N–H and O–H groups in total. The molecule has 8 heteroatoms. The Bertz CT molecular complexity index is 838. The molecule has 0 aromatic carbocycles. The molecule has 1 fully saturated rings. The van der Waals surface area contributed by atoms with Crippen LogP contribution >= 0.6 is 0 Å². The number of nitrogens with zero attached hydrogens (tertiary/aromatic N) is 5. The third-order valence-electron chi connectivity index (χ3n) is 4.52. The number of aromatic amines is 1. The first kappa shape index (κ1) is 17.2. The average molecular weight is 344 g/mol. The lowest BCUT2D eigenvalue weighted by Crippen LogP contribution is -2.32. The Hall–Kier alpha value is -2.64. The summed E-state index contributed by atoms with van der Waals surface area (Å²) in [5.74, 6) is 0.673. The Balaban J connectivity index is 1.70. The average Bonchev–Trinajstić information content (AvgIpc) is 3.14. The normalized spacial score (nSPS) is 17.1. The smallest absolute Gasteiger partial charge is 0.252 e. The molecule has 2 aromatic rings. The van der Waals surface area contributed by atoms with Crippen molar-refractivity contribution in [2.45, 2.75) is 32.7 Å². The third-order valence-corrected chi connectivity index (χ3v) is 4.52. The first-order valence-corrected chi connectivity index (χ1v) is 8.41. The van der Waals surface area contributed by atoms with Crippen molar-refractivity contribution in [3.05, 3.63) is 39.6 Å². The monoisotopic (exact) mass is 344 g/mol. The molecule has 0 saturated carbocycles. The van der Waals surface area contributed by atoms with E-state index in [1.807, 2.05) is 38.9 Å². The van der Waals surface area contributed by atoms with Crippen LogP contribution in [0.25, 0.3) is 0 Å². The van der Waals surface area contributed by atoms with Gasteiger partial charge in [-0.05, 0) is 26.3 Å². The lowest BCUT2D eigenvalue weighted by Gasteiger charge is -2.18. The molecule has 0 radical (unpaired) electrons. The van der Waals surface area contributed by atoms with Gasteiger partial charge in [-0.2, -0.15) is 5.10 Å². The van der Waals surface area contributed by atoms with Crippen LogP contribution in [-0.2, 0) is 11.3 Å². The summed E-state index contributed by atoms with van der Waals surface area (Å²) < 4.78 is 1.74. The summed E-state index contributed by atoms with van der Waals surface area (Å²) in [6.45, 7) is 5.37. The van der Waals surface area contributed by atoms with Crippen molar-refractivity contribution in [1.82, 2.24) is 24.6 Å². The zero-order valence-electron chi connectivity index (χ0n) is 15.1. The summed E-state index contributed by atoms with van der Waals surface area (Å²) >= 11 is 0. The molecule has 0 spiro atoms. The standard InChI is InChI=1S/C17H24N6O2/c1-11-7-12(2)23(20-11)10-16(25)22-6-5-13(9-22)14-8-15(24)19-17(18-14)21(3)4/h7-8,13H,5-6,9-10H2,1-4H3,(H,18,19,24). The van der Waals surface area contributed by atoms with Gasteiger partial charge in [-0.25, -0.2) is 4.98 Å². The van der Waals surface area contributed by atoms with E-state index in [4.69, 9.17) is 0 Å². The molecule has 1 amide bonds. The first-order chi connectivity index (χ1) is 11.8. The summed E-state index contributed by atoms with van der Waals surface area (Å²) in [7, 11) is 3.67. The van der Waals surface area contributed by atoms with Crippen molar-refractivity contribution in [2.24, 2.45) is 0 Å². The van der Waals surface area contributed by atoms with E-state index >= 15 is 0 Å². The number of carbonyl (C=O) groups is 1. The van der Waals surface area contributed by atoms with Gasteiger partial charge in [0.15, 0.2) is 0 Å². The largest absolute Gasteiger partial charge is 0.348 e. The number of carbonyl (C=O) groups excluding carboxylic acids is 1. The van der Waals surface area contributed by atoms with Gasteiger partial charge in [-0.15, -0.1) is 0 Å². The highest BCUT2D eigenvalue weighted by molar-refractivity contribution is 5.76. The lowest BCUT2D eigenvalue weighted by molar-refractivity contribution is -0.131. The Kier molecular flexibility index (Phi) is 4.61. The second-order valence-electron chi connectivity index (χ2n) is 6.80. The van der Waals surface area contributed by atoms with Crippen molar-refractivity contribution < 1.29 is 4.79 Å². The van der Waals surface area contributed by atoms with Crippen molar-refractivity contribution in [1.29, 1.82) is 0 Å². The van der Waals surface area contributed by atoms with Gasteiger partial charge in [-0.3, -0.25) is 19.3 Å². The van der Waals surface area contributed by atoms with E-state index in [1.165, 1.54) is 6.07 Å². The zero-order valence-corrected chi connectivity index (χ0v) is 15.1. The molecule has 3 rings (SSSR count). The molecule has 8 nitrogen and oxygen atoms in total. The summed E-state index contributed by atoms with van der Waals surface area (Å²) in [6, 6.07) is 3.50. The van der Waals surface area contributed by atoms with Crippen LogP contribution in [0.3, 0.4) is 0 Å². The van der Waals surface area contributed by atoms with E-state index in [0.717, 1.165) is 23.5 Å². The highest BCUT2D eigenvalue weighted by Crippen LogP contribution is 2.26. The Labute approximate surface area is 146 Å². The fourth-order valence-corrected chi connectivity index (χ4v) is 3.18. The molecule has 1 aliphatic rings. The number of aromatic nitrogens is 4. The molecule has 1 atom stereocenters. The predicted octanol–water partition coefficient (Wildman–Crippen LogP) is 0.665. The summed E-state index contributed by atoms with van der Waals surface area (Å²) in [4.78, 5) is 35.3. The minimum absolute atomic E-state index is 0.0476. The molecule has 25 heavy (non-hydrogen) atoms. The molecule has 0 aliphatic carbocycles. The van der Waals surface area contributed by atoms with E-state index in [-0.39, 0.29) is 23.9 Å². The molecular formula is C17H24N6O2. The van der Waals surface area contributed by atoms with Crippen molar-refractivity contribution in [3.63, 3.8) is 0 Å². The van der Waals surface area contributed by atoms with Gasteiger partial charge in [0.2, 0.25) is 11.9 Å². The minimum atomic E-state index is -0.166. The molecule has 2 aromatic heterocycles. The van der Waals surface area contributed by atoms with Gasteiger partial charge in [-0.1, -0.05) is 0 Å². The predicted molar refractivity (Wildman–Crippen MR) is 94.8 cm³/mol. The maximum atomic E-state index is 12.6. The van der Waals surface area contributed by atoms with Crippen molar-refractivity contribution in [2.75, 3.05) is 32.1 Å². The number of H-pyrrole nitrogens is 1. The number of rotatable bonds is 4. The number of amides is 1. The first-order valence-electron chi connectivity index (χ1n) is 8.41. The molecule has 1 unspecified atom stereocenters. The molecule has 1 saturated heterocycles. The Morgan fingerprint density at radius 3 is 2.76 bits per heavy atom. The van der Waals surface area contributed by atoms with Crippen LogP contribution in [0.15, 0.2) is 16.9 Å². The highest BCUT2D eigenvalue weighted by atomic mass is 16.2. The third kappa shape index (κ3) is 3.72. The van der Waals surface area contributed by atoms with E-state index in [1.54, 1.807) is 9.58 Å². The van der Waals surface area contributed by atoms with Gasteiger partial charge < -0.3 is 9.80 Å². The fourth-order valence-electron chi connectivity index (χ4n) is 3.18. The van der Waals surface area contributed by atoms with Gasteiger partial charge in [0.05, 0.1) is 11.4 Å². The van der Waals surface area contributed by atoms with Crippen molar-refractivity contribution in [3.8, 4) is 0 Å². The minimum Gasteiger partial charge on any atom is -0.348 e. The molecule has 0 bridgehead atoms. The maximum Gasteiger partial charge on any atom is 0.252 e. The van der Waals surface area contributed by atoms with Crippen LogP contribution < -0.4 is 10.5 Å². The van der Waals surface area contributed by atoms with Gasteiger partial charge in [0.1, 0.15) is 6.54 Å². The lowest BCUT2D eigenvalue weighted by atomic mass is 10.1. The Morgan fingerprint density at radius 1 is 1.36 bits per heavy atom. The second kappa shape index (κ2) is 6.70. The summed E-state index contributed by atoms with van der Waals surface area (Å²) in [5.41, 5.74) is 2.47. The van der Waals surface area contributed by atoms with Crippen LogP contribution in [-0.4, -0.2) is 57.7 Å². The van der Waals surface area contributed by atoms with Crippen molar-refractivity contribution >= 4 is 11.9 Å². The number of nitrogens with one attached hydrogen (secondary N) is 1. The summed E-state index contributed by atoms with van der Waals surface area (Å²) in [6.07, 6.45) is 0.812. The van der Waals surface area contributed by atoms with Gasteiger partial charge in [0.25, 0.3) is 5.56 Å². The SMILES string of the molecule is Cc1cc(C)n(CC(=O)N2CCC(c3cc(=O)[nH]c(N(C)C)n3)C2)n1. The topological polar surface area (TPSA) is 87.1 Å². The number of hydrogen-bond acceptors (Lipinski definition) is 5. The number of hydrogen-bond donors (Lipinski definition) is 1. The van der Waals surface area contributed by atoms with Crippen LogP contribution in [0.4, 0.5) is 5.95 Å². The summed E-state index contributed by atoms with van der Waals surface area (Å²) in [5, 5.41) is 4.35. The van der Waals surface area contributed by atoms with E-state index < -0.39 is 0 Å². The highest BCUT2D eigenvalue weighted by Gasteiger charge is 2.29. The molecular weight excluding hydrogens is 320 g/mol.